The highest BCUT2D eigenvalue weighted by Crippen LogP contribution is 2.29. The van der Waals surface area contributed by atoms with Gasteiger partial charge in [0, 0.05) is 36.2 Å². The zero-order valence-electron chi connectivity index (χ0n) is 25.6. The van der Waals surface area contributed by atoms with Gasteiger partial charge in [0.2, 0.25) is 11.8 Å². The van der Waals surface area contributed by atoms with E-state index in [1.165, 1.54) is 35.2 Å². The van der Waals surface area contributed by atoms with Crippen molar-refractivity contribution in [1.82, 2.24) is 10.2 Å². The SMILES string of the molecule is O=C(NC1CCCC1)C(Cc1ccccc1)N(Cc1ccccc1Cl)C(=O)CN(c1cccc([N+](=O)[O-])c1)S(=O)(=O)c1ccccc1. The van der Waals surface area contributed by atoms with E-state index in [4.69, 9.17) is 11.6 Å². The van der Waals surface area contributed by atoms with E-state index in [0.29, 0.717) is 10.6 Å². The highest BCUT2D eigenvalue weighted by atomic mass is 35.5. The lowest BCUT2D eigenvalue weighted by atomic mass is 10.0. The number of rotatable bonds is 13. The maximum atomic E-state index is 14.6. The quantitative estimate of drug-likeness (QED) is 0.134. The molecule has 10 nitrogen and oxygen atoms in total. The summed E-state index contributed by atoms with van der Waals surface area (Å²) < 4.78 is 29.0. The van der Waals surface area contributed by atoms with Crippen molar-refractivity contribution in [2.45, 2.75) is 55.6 Å². The van der Waals surface area contributed by atoms with Crippen LogP contribution < -0.4 is 9.62 Å². The number of sulfonamides is 1. The number of benzene rings is 4. The Balaban J connectivity index is 1.59. The van der Waals surface area contributed by atoms with Gasteiger partial charge in [-0.15, -0.1) is 0 Å². The molecule has 1 saturated carbocycles. The second-order valence-electron chi connectivity index (χ2n) is 11.4. The monoisotopic (exact) mass is 674 g/mol. The summed E-state index contributed by atoms with van der Waals surface area (Å²) in [7, 11) is -4.39. The molecule has 12 heteroatoms. The van der Waals surface area contributed by atoms with Gasteiger partial charge in [-0.05, 0) is 48.2 Å². The van der Waals surface area contributed by atoms with Crippen LogP contribution in [0.25, 0.3) is 0 Å². The Hall–Kier alpha value is -4.74. The van der Waals surface area contributed by atoms with Crippen molar-refractivity contribution in [2.24, 2.45) is 0 Å². The molecule has 0 bridgehead atoms. The molecule has 1 aliphatic rings. The first-order valence-corrected chi connectivity index (χ1v) is 17.1. The summed E-state index contributed by atoms with van der Waals surface area (Å²) in [6.45, 7) is -0.812. The van der Waals surface area contributed by atoms with Crippen molar-refractivity contribution < 1.29 is 22.9 Å². The molecule has 47 heavy (non-hydrogen) atoms. The molecule has 2 amide bonds. The van der Waals surface area contributed by atoms with E-state index in [9.17, 15) is 28.1 Å². The van der Waals surface area contributed by atoms with Crippen molar-refractivity contribution in [2.75, 3.05) is 10.8 Å². The van der Waals surface area contributed by atoms with Gasteiger partial charge >= 0.3 is 0 Å². The first-order chi connectivity index (χ1) is 22.6. The molecule has 0 saturated heterocycles. The third-order valence-electron chi connectivity index (χ3n) is 8.21. The highest BCUT2D eigenvalue weighted by molar-refractivity contribution is 7.92. The van der Waals surface area contributed by atoms with Gasteiger partial charge in [-0.25, -0.2) is 8.42 Å². The van der Waals surface area contributed by atoms with Crippen LogP contribution in [0.1, 0.15) is 36.8 Å². The Labute approximate surface area is 279 Å². The van der Waals surface area contributed by atoms with Gasteiger partial charge in [0.15, 0.2) is 0 Å². The highest BCUT2D eigenvalue weighted by Gasteiger charge is 2.36. The van der Waals surface area contributed by atoms with E-state index in [2.05, 4.69) is 5.32 Å². The molecule has 1 fully saturated rings. The maximum Gasteiger partial charge on any atom is 0.271 e. The summed E-state index contributed by atoms with van der Waals surface area (Å²) in [5.41, 5.74) is 0.976. The van der Waals surface area contributed by atoms with E-state index >= 15 is 0 Å². The molecular formula is C35H35ClN4O6S. The largest absolute Gasteiger partial charge is 0.352 e. The molecule has 244 valence electrons. The van der Waals surface area contributed by atoms with Crippen LogP contribution >= 0.6 is 11.6 Å². The molecule has 4 aromatic rings. The molecule has 0 aliphatic heterocycles. The standard InChI is InChI=1S/C35H35ClN4O6S/c36-32-21-10-7-14-27(32)24-38(33(22-26-12-3-1-4-13-26)35(42)37-28-15-8-9-16-28)34(41)25-39(29-17-11-18-30(23-29)40(43)44)47(45,46)31-19-5-2-6-20-31/h1-7,10-14,17-21,23,28,33H,8-9,15-16,22,24-25H2,(H,37,42). The molecule has 1 aliphatic carbocycles. The summed E-state index contributed by atoms with van der Waals surface area (Å²) in [6.07, 6.45) is 3.81. The lowest BCUT2D eigenvalue weighted by Gasteiger charge is -2.34. The minimum Gasteiger partial charge on any atom is -0.352 e. The van der Waals surface area contributed by atoms with Crippen molar-refractivity contribution in [1.29, 1.82) is 0 Å². The van der Waals surface area contributed by atoms with Gasteiger partial charge in [0.25, 0.3) is 15.7 Å². The smallest absolute Gasteiger partial charge is 0.271 e. The minimum atomic E-state index is -4.39. The fourth-order valence-corrected chi connectivity index (χ4v) is 7.36. The molecule has 1 N–H and O–H groups in total. The number of nitrogens with one attached hydrogen (secondary N) is 1. The third kappa shape index (κ3) is 8.35. The van der Waals surface area contributed by atoms with Crippen LogP contribution in [0.2, 0.25) is 5.02 Å². The molecule has 4 aromatic carbocycles. The second kappa shape index (κ2) is 15.2. The average Bonchev–Trinajstić information content (AvgIpc) is 3.59. The lowest BCUT2D eigenvalue weighted by molar-refractivity contribution is -0.384. The number of amides is 2. The van der Waals surface area contributed by atoms with Crippen molar-refractivity contribution in [3.63, 3.8) is 0 Å². The van der Waals surface area contributed by atoms with Gasteiger partial charge in [-0.3, -0.25) is 24.0 Å². The number of carbonyl (C=O) groups is 2. The molecule has 0 spiro atoms. The van der Waals surface area contributed by atoms with Crippen LogP contribution in [0.3, 0.4) is 0 Å². The molecule has 0 aromatic heterocycles. The summed E-state index contributed by atoms with van der Waals surface area (Å²) in [5, 5.41) is 15.2. The first-order valence-electron chi connectivity index (χ1n) is 15.3. The number of nitrogens with zero attached hydrogens (tertiary/aromatic N) is 3. The number of halogens is 1. The Morgan fingerprint density at radius 3 is 2.19 bits per heavy atom. The Kier molecular flexibility index (Phi) is 10.9. The summed E-state index contributed by atoms with van der Waals surface area (Å²) in [6, 6.07) is 27.8. The van der Waals surface area contributed by atoms with Crippen LogP contribution in [0.5, 0.6) is 0 Å². The van der Waals surface area contributed by atoms with Gasteiger partial charge in [-0.2, -0.15) is 0 Å². The molecule has 0 radical (unpaired) electrons. The summed E-state index contributed by atoms with van der Waals surface area (Å²) in [5.74, 6) is -1.03. The zero-order chi connectivity index (χ0) is 33.4. The Morgan fingerprint density at radius 1 is 0.894 bits per heavy atom. The number of nitro benzene ring substituents is 1. The molecule has 0 heterocycles. The zero-order valence-corrected chi connectivity index (χ0v) is 27.1. The van der Waals surface area contributed by atoms with E-state index in [0.717, 1.165) is 41.6 Å². The number of nitro groups is 1. The predicted molar refractivity (Wildman–Crippen MR) is 180 cm³/mol. The average molecular weight is 675 g/mol. The van der Waals surface area contributed by atoms with Gasteiger partial charge in [0.1, 0.15) is 12.6 Å². The summed E-state index contributed by atoms with van der Waals surface area (Å²) in [4.78, 5) is 40.9. The fraction of sp³-hybridized carbons (Fsp3) is 0.257. The molecular weight excluding hydrogens is 640 g/mol. The van der Waals surface area contributed by atoms with E-state index in [1.807, 2.05) is 30.3 Å². The van der Waals surface area contributed by atoms with Crippen molar-refractivity contribution in [3.8, 4) is 0 Å². The number of anilines is 1. The van der Waals surface area contributed by atoms with Gasteiger partial charge in [0.05, 0.1) is 15.5 Å². The molecule has 1 unspecified atom stereocenters. The normalized spacial score (nSPS) is 13.9. The van der Waals surface area contributed by atoms with Crippen molar-refractivity contribution >= 4 is 44.8 Å². The Bertz CT molecular complexity index is 1820. The van der Waals surface area contributed by atoms with Crippen LogP contribution in [-0.4, -0.2) is 48.7 Å². The number of non-ortho nitro benzene ring substituents is 1. The third-order valence-corrected chi connectivity index (χ3v) is 10.4. The van der Waals surface area contributed by atoms with Gasteiger partial charge in [-0.1, -0.05) is 97.2 Å². The molecule has 5 rings (SSSR count). The number of hydrogen-bond donors (Lipinski definition) is 1. The number of hydrogen-bond acceptors (Lipinski definition) is 6. The topological polar surface area (TPSA) is 130 Å². The van der Waals surface area contributed by atoms with Crippen LogP contribution in [0, 0.1) is 10.1 Å². The Morgan fingerprint density at radius 2 is 1.53 bits per heavy atom. The molecule has 1 atom stereocenters. The van der Waals surface area contributed by atoms with Gasteiger partial charge < -0.3 is 10.2 Å². The lowest BCUT2D eigenvalue weighted by Crippen LogP contribution is -2.54. The van der Waals surface area contributed by atoms with Crippen molar-refractivity contribution in [3.05, 3.63) is 135 Å². The fourth-order valence-electron chi connectivity index (χ4n) is 5.74. The maximum absolute atomic E-state index is 14.6. The second-order valence-corrected chi connectivity index (χ2v) is 13.7. The van der Waals surface area contributed by atoms with Crippen LogP contribution in [0.15, 0.2) is 114 Å². The summed E-state index contributed by atoms with van der Waals surface area (Å²) >= 11 is 6.55. The van der Waals surface area contributed by atoms with Crippen LogP contribution in [-0.2, 0) is 32.6 Å². The first kappa shape index (κ1) is 33.6. The predicted octanol–water partition coefficient (Wildman–Crippen LogP) is 6.14. The number of carbonyl (C=O) groups excluding carboxylic acids is 2. The van der Waals surface area contributed by atoms with Crippen LogP contribution in [0.4, 0.5) is 11.4 Å². The van der Waals surface area contributed by atoms with E-state index < -0.39 is 33.4 Å². The van der Waals surface area contributed by atoms with E-state index in [1.54, 1.807) is 42.5 Å². The van der Waals surface area contributed by atoms with E-state index in [-0.39, 0.29) is 41.2 Å². The minimum absolute atomic E-state index is 0.0298.